The molecule has 0 aromatic heterocycles. The Kier molecular flexibility index (Phi) is 4.73. The lowest BCUT2D eigenvalue weighted by Crippen LogP contribution is -2.49. The molecule has 0 radical (unpaired) electrons. The van der Waals surface area contributed by atoms with Crippen LogP contribution in [0.4, 0.5) is 5.69 Å². The van der Waals surface area contributed by atoms with E-state index in [-0.39, 0.29) is 11.5 Å². The number of anilines is 1. The molecule has 1 amide bonds. The fraction of sp³-hybridized carbons (Fsp3) is 0.562. The molecular weight excluding hydrogens is 268 g/mol. The van der Waals surface area contributed by atoms with Gasteiger partial charge in [-0.3, -0.25) is 4.79 Å². The van der Waals surface area contributed by atoms with Crippen LogP contribution in [0.2, 0.25) is 0 Å². The van der Waals surface area contributed by atoms with E-state index in [0.29, 0.717) is 30.2 Å². The second-order valence-corrected chi connectivity index (χ2v) is 5.67. The van der Waals surface area contributed by atoms with Crippen molar-refractivity contribution >= 4 is 11.6 Å². The monoisotopic (exact) mass is 292 g/mol. The van der Waals surface area contributed by atoms with Crippen molar-refractivity contribution in [1.82, 2.24) is 4.90 Å². The molecule has 21 heavy (non-hydrogen) atoms. The Morgan fingerprint density at radius 3 is 2.86 bits per heavy atom. The van der Waals surface area contributed by atoms with E-state index >= 15 is 0 Å². The Morgan fingerprint density at radius 2 is 2.24 bits per heavy atom. The maximum atomic E-state index is 12.6. The molecule has 1 aliphatic rings. The second-order valence-electron chi connectivity index (χ2n) is 5.67. The van der Waals surface area contributed by atoms with Crippen LogP contribution in [0.3, 0.4) is 0 Å². The standard InChI is InChI=1S/C16H24N2O3/c1-4-21-14-7-6-12(10-13(14)17)15(19)18-9-5-8-16(2,11-18)20-3/h6-7,10H,4-5,8-9,11,17H2,1-3H3. The molecule has 5 nitrogen and oxygen atoms in total. The molecule has 2 N–H and O–H groups in total. The maximum Gasteiger partial charge on any atom is 0.254 e. The molecule has 0 saturated carbocycles. The SMILES string of the molecule is CCOc1ccc(C(=O)N2CCCC(C)(OC)C2)cc1N. The van der Waals surface area contributed by atoms with E-state index in [1.54, 1.807) is 25.3 Å². The lowest BCUT2D eigenvalue weighted by Gasteiger charge is -2.39. The van der Waals surface area contributed by atoms with Gasteiger partial charge in [-0.15, -0.1) is 0 Å². The van der Waals surface area contributed by atoms with Crippen LogP contribution in [-0.4, -0.2) is 43.2 Å². The van der Waals surface area contributed by atoms with Crippen LogP contribution >= 0.6 is 0 Å². The highest BCUT2D eigenvalue weighted by Crippen LogP contribution is 2.27. The summed E-state index contributed by atoms with van der Waals surface area (Å²) in [6, 6.07) is 5.21. The minimum absolute atomic E-state index is 0.00674. The Morgan fingerprint density at radius 1 is 1.48 bits per heavy atom. The molecule has 5 heteroatoms. The number of carbonyl (C=O) groups excluding carboxylic acids is 1. The van der Waals surface area contributed by atoms with Crippen LogP contribution in [0.25, 0.3) is 0 Å². The zero-order chi connectivity index (χ0) is 15.5. The van der Waals surface area contributed by atoms with Crippen molar-refractivity contribution in [3.63, 3.8) is 0 Å². The van der Waals surface area contributed by atoms with Crippen LogP contribution in [0.15, 0.2) is 18.2 Å². The van der Waals surface area contributed by atoms with Gasteiger partial charge in [0.25, 0.3) is 5.91 Å². The van der Waals surface area contributed by atoms with Crippen molar-refractivity contribution in [3.05, 3.63) is 23.8 Å². The van der Waals surface area contributed by atoms with Crippen LogP contribution < -0.4 is 10.5 Å². The summed E-state index contributed by atoms with van der Waals surface area (Å²) < 4.78 is 10.9. The Labute approximate surface area is 126 Å². The first-order valence-electron chi connectivity index (χ1n) is 7.36. The van der Waals surface area contributed by atoms with Gasteiger partial charge in [0.15, 0.2) is 0 Å². The van der Waals surface area contributed by atoms with Gasteiger partial charge in [-0.1, -0.05) is 0 Å². The molecule has 1 fully saturated rings. The minimum atomic E-state index is -0.259. The minimum Gasteiger partial charge on any atom is -0.492 e. The summed E-state index contributed by atoms with van der Waals surface area (Å²) >= 11 is 0. The number of nitrogens with zero attached hydrogens (tertiary/aromatic N) is 1. The molecular formula is C16H24N2O3. The zero-order valence-electron chi connectivity index (χ0n) is 13.0. The third-order valence-electron chi connectivity index (χ3n) is 4.00. The van der Waals surface area contributed by atoms with Gasteiger partial charge in [-0.25, -0.2) is 0 Å². The summed E-state index contributed by atoms with van der Waals surface area (Å²) in [4.78, 5) is 14.4. The second kappa shape index (κ2) is 6.35. The van der Waals surface area contributed by atoms with Gasteiger partial charge < -0.3 is 20.1 Å². The van der Waals surface area contributed by atoms with Gasteiger partial charge in [0.1, 0.15) is 5.75 Å². The highest BCUT2D eigenvalue weighted by molar-refractivity contribution is 5.95. The third kappa shape index (κ3) is 3.47. The van der Waals surface area contributed by atoms with Crippen molar-refractivity contribution < 1.29 is 14.3 Å². The van der Waals surface area contributed by atoms with Crippen LogP contribution in [0.1, 0.15) is 37.0 Å². The normalized spacial score (nSPS) is 22.1. The van der Waals surface area contributed by atoms with Crippen molar-refractivity contribution in [2.75, 3.05) is 32.5 Å². The predicted octanol–water partition coefficient (Wildman–Crippen LogP) is 2.31. The predicted molar refractivity (Wildman–Crippen MR) is 82.6 cm³/mol. The third-order valence-corrected chi connectivity index (χ3v) is 4.00. The van der Waals surface area contributed by atoms with Gasteiger partial charge in [0.05, 0.1) is 17.9 Å². The van der Waals surface area contributed by atoms with Crippen molar-refractivity contribution in [2.45, 2.75) is 32.3 Å². The summed E-state index contributed by atoms with van der Waals surface area (Å²) in [5.41, 5.74) is 6.76. The number of nitrogen functional groups attached to an aromatic ring is 1. The summed E-state index contributed by atoms with van der Waals surface area (Å²) in [5.74, 6) is 0.613. The van der Waals surface area contributed by atoms with Crippen LogP contribution in [0, 0.1) is 0 Å². The quantitative estimate of drug-likeness (QED) is 0.865. The Hall–Kier alpha value is -1.75. The molecule has 1 saturated heterocycles. The smallest absolute Gasteiger partial charge is 0.254 e. The van der Waals surface area contributed by atoms with E-state index < -0.39 is 0 Å². The lowest BCUT2D eigenvalue weighted by atomic mass is 9.94. The zero-order valence-corrected chi connectivity index (χ0v) is 13.0. The van der Waals surface area contributed by atoms with Crippen molar-refractivity contribution in [1.29, 1.82) is 0 Å². The molecule has 0 spiro atoms. The molecule has 1 aromatic rings. The fourth-order valence-corrected chi connectivity index (χ4v) is 2.70. The van der Waals surface area contributed by atoms with E-state index in [1.807, 2.05) is 18.7 Å². The average molecular weight is 292 g/mol. The highest BCUT2D eigenvalue weighted by Gasteiger charge is 2.33. The molecule has 1 unspecified atom stereocenters. The fourth-order valence-electron chi connectivity index (χ4n) is 2.70. The molecule has 0 bridgehead atoms. The van der Waals surface area contributed by atoms with E-state index in [0.717, 1.165) is 19.4 Å². The average Bonchev–Trinajstić information content (AvgIpc) is 2.49. The first-order chi connectivity index (χ1) is 9.99. The maximum absolute atomic E-state index is 12.6. The largest absolute Gasteiger partial charge is 0.492 e. The van der Waals surface area contributed by atoms with Crippen molar-refractivity contribution in [2.24, 2.45) is 0 Å². The first-order valence-corrected chi connectivity index (χ1v) is 7.36. The van der Waals surface area contributed by atoms with Gasteiger partial charge in [-0.2, -0.15) is 0 Å². The van der Waals surface area contributed by atoms with E-state index in [4.69, 9.17) is 15.2 Å². The number of carbonyl (C=O) groups is 1. The van der Waals surface area contributed by atoms with Crippen LogP contribution in [0.5, 0.6) is 5.75 Å². The first kappa shape index (κ1) is 15.6. The summed E-state index contributed by atoms with van der Waals surface area (Å²) in [6.45, 7) is 5.85. The Bertz CT molecular complexity index is 518. The number of amides is 1. The topological polar surface area (TPSA) is 64.8 Å². The number of benzene rings is 1. The summed E-state index contributed by atoms with van der Waals surface area (Å²) in [7, 11) is 1.70. The molecule has 0 aliphatic carbocycles. The molecule has 1 aliphatic heterocycles. The molecule has 1 heterocycles. The van der Waals surface area contributed by atoms with Gasteiger partial charge >= 0.3 is 0 Å². The summed E-state index contributed by atoms with van der Waals surface area (Å²) in [5, 5.41) is 0. The highest BCUT2D eigenvalue weighted by atomic mass is 16.5. The van der Waals surface area contributed by atoms with Gasteiger partial charge in [0, 0.05) is 25.8 Å². The van der Waals surface area contributed by atoms with E-state index in [1.165, 1.54) is 0 Å². The number of nitrogens with two attached hydrogens (primary N) is 1. The van der Waals surface area contributed by atoms with E-state index in [9.17, 15) is 4.79 Å². The van der Waals surface area contributed by atoms with Gasteiger partial charge in [-0.05, 0) is 44.9 Å². The number of hydrogen-bond donors (Lipinski definition) is 1. The molecule has 116 valence electrons. The van der Waals surface area contributed by atoms with Gasteiger partial charge in [0.2, 0.25) is 0 Å². The number of rotatable bonds is 4. The number of piperidine rings is 1. The lowest BCUT2D eigenvalue weighted by molar-refractivity contribution is -0.0440. The number of methoxy groups -OCH3 is 1. The number of hydrogen-bond acceptors (Lipinski definition) is 4. The van der Waals surface area contributed by atoms with Crippen molar-refractivity contribution in [3.8, 4) is 5.75 Å². The van der Waals surface area contributed by atoms with Crippen LogP contribution in [-0.2, 0) is 4.74 Å². The van der Waals surface area contributed by atoms with E-state index in [2.05, 4.69) is 0 Å². The Balaban J connectivity index is 2.14. The molecule has 1 atom stereocenters. The number of likely N-dealkylation sites (tertiary alicyclic amines) is 1. The molecule has 2 rings (SSSR count). The summed E-state index contributed by atoms with van der Waals surface area (Å²) in [6.07, 6.45) is 1.92. The molecule has 1 aromatic carbocycles. The number of ether oxygens (including phenoxy) is 2.